The molecule has 1 fully saturated rings. The lowest BCUT2D eigenvalue weighted by atomic mass is 10.1. The maximum absolute atomic E-state index is 3.28. The first-order valence-electron chi connectivity index (χ1n) is 6.70. The van der Waals surface area contributed by atoms with Crippen molar-refractivity contribution in [2.75, 3.05) is 33.2 Å². The van der Waals surface area contributed by atoms with Gasteiger partial charge in [0, 0.05) is 13.1 Å². The van der Waals surface area contributed by atoms with Crippen LogP contribution < -0.4 is 5.32 Å². The number of nitrogens with zero attached hydrogens (tertiary/aromatic N) is 1. The molecule has 0 amide bonds. The number of hydrogen-bond donors (Lipinski definition) is 1. The highest BCUT2D eigenvalue weighted by atomic mass is 15.1. The van der Waals surface area contributed by atoms with Crippen molar-refractivity contribution in [3.8, 4) is 0 Å². The Morgan fingerprint density at radius 1 is 1.41 bits per heavy atom. The van der Waals surface area contributed by atoms with E-state index in [1.54, 1.807) is 0 Å². The van der Waals surface area contributed by atoms with Gasteiger partial charge in [-0.15, -0.1) is 0 Å². The molecule has 0 radical (unpaired) electrons. The van der Waals surface area contributed by atoms with Gasteiger partial charge in [-0.3, -0.25) is 0 Å². The second-order valence-corrected chi connectivity index (χ2v) is 5.25. The number of benzene rings is 1. The van der Waals surface area contributed by atoms with Gasteiger partial charge in [0.05, 0.1) is 0 Å². The highest BCUT2D eigenvalue weighted by molar-refractivity contribution is 5.22. The first kappa shape index (κ1) is 12.6. The summed E-state index contributed by atoms with van der Waals surface area (Å²) in [5.41, 5.74) is 2.85. The fourth-order valence-electron chi connectivity index (χ4n) is 2.73. The van der Waals surface area contributed by atoms with Gasteiger partial charge in [0.25, 0.3) is 0 Å². The van der Waals surface area contributed by atoms with Crippen LogP contribution in [0.25, 0.3) is 0 Å². The second-order valence-electron chi connectivity index (χ2n) is 5.25. The lowest BCUT2D eigenvalue weighted by molar-refractivity contribution is 0.327. The summed E-state index contributed by atoms with van der Waals surface area (Å²) in [4.78, 5) is 2.60. The van der Waals surface area contributed by atoms with Crippen molar-refractivity contribution in [3.05, 3.63) is 35.4 Å². The van der Waals surface area contributed by atoms with Crippen molar-refractivity contribution in [2.24, 2.45) is 5.92 Å². The fourth-order valence-corrected chi connectivity index (χ4v) is 2.73. The van der Waals surface area contributed by atoms with E-state index >= 15 is 0 Å². The van der Waals surface area contributed by atoms with Crippen LogP contribution in [0.2, 0.25) is 0 Å². The van der Waals surface area contributed by atoms with E-state index in [0.29, 0.717) is 0 Å². The summed E-state index contributed by atoms with van der Waals surface area (Å²) in [7, 11) is 2.05. The molecular formula is C15H24N2. The van der Waals surface area contributed by atoms with Crippen LogP contribution in [0.1, 0.15) is 17.5 Å². The largest absolute Gasteiger partial charge is 0.319 e. The van der Waals surface area contributed by atoms with Gasteiger partial charge in [0.1, 0.15) is 0 Å². The second kappa shape index (κ2) is 6.18. The molecule has 1 aliphatic heterocycles. The maximum atomic E-state index is 3.28. The van der Waals surface area contributed by atoms with Gasteiger partial charge in [0.2, 0.25) is 0 Å². The third-order valence-electron chi connectivity index (χ3n) is 3.66. The molecule has 0 aliphatic carbocycles. The summed E-state index contributed by atoms with van der Waals surface area (Å²) in [6.07, 6.45) is 2.54. The van der Waals surface area contributed by atoms with Crippen molar-refractivity contribution in [1.29, 1.82) is 0 Å². The Bertz CT molecular complexity index is 349. The Hall–Kier alpha value is -0.860. The van der Waals surface area contributed by atoms with E-state index in [4.69, 9.17) is 0 Å². The summed E-state index contributed by atoms with van der Waals surface area (Å²) in [6, 6.07) is 8.88. The molecule has 0 spiro atoms. The standard InChI is InChI=1S/C15H24N2/c1-13-4-3-5-14(10-13)6-8-17-9-7-15(12-17)11-16-2/h3-5,10,15-16H,6-9,11-12H2,1-2H3. The minimum atomic E-state index is 0.859. The molecule has 1 saturated heterocycles. The smallest absolute Gasteiger partial charge is 0.00224 e. The van der Waals surface area contributed by atoms with Gasteiger partial charge >= 0.3 is 0 Å². The molecule has 0 aromatic heterocycles. The summed E-state index contributed by atoms with van der Waals surface area (Å²) >= 11 is 0. The molecule has 0 saturated carbocycles. The Balaban J connectivity index is 1.76. The Morgan fingerprint density at radius 2 is 2.29 bits per heavy atom. The summed E-state index contributed by atoms with van der Waals surface area (Å²) in [5, 5.41) is 3.28. The molecule has 2 heteroatoms. The predicted octanol–water partition coefficient (Wildman–Crippen LogP) is 2.08. The molecular weight excluding hydrogens is 208 g/mol. The molecule has 17 heavy (non-hydrogen) atoms. The van der Waals surface area contributed by atoms with E-state index in [1.165, 1.54) is 50.1 Å². The van der Waals surface area contributed by atoms with Crippen LogP contribution in [0.15, 0.2) is 24.3 Å². The summed E-state index contributed by atoms with van der Waals surface area (Å²) in [5.74, 6) is 0.859. The van der Waals surface area contributed by atoms with Crippen molar-refractivity contribution in [2.45, 2.75) is 19.8 Å². The lowest BCUT2D eigenvalue weighted by Gasteiger charge is -2.16. The lowest BCUT2D eigenvalue weighted by Crippen LogP contribution is -2.26. The normalized spacial score (nSPS) is 20.9. The van der Waals surface area contributed by atoms with Gasteiger partial charge in [0.15, 0.2) is 0 Å². The molecule has 1 atom stereocenters. The van der Waals surface area contributed by atoms with E-state index in [-0.39, 0.29) is 0 Å². The Kier molecular flexibility index (Phi) is 4.57. The summed E-state index contributed by atoms with van der Waals surface area (Å²) < 4.78 is 0. The molecule has 1 heterocycles. The number of nitrogens with one attached hydrogen (secondary N) is 1. The van der Waals surface area contributed by atoms with Crippen molar-refractivity contribution in [3.63, 3.8) is 0 Å². The van der Waals surface area contributed by atoms with Crippen LogP contribution >= 0.6 is 0 Å². The van der Waals surface area contributed by atoms with E-state index in [9.17, 15) is 0 Å². The van der Waals surface area contributed by atoms with Crippen LogP contribution in [0.5, 0.6) is 0 Å². The third kappa shape index (κ3) is 3.83. The van der Waals surface area contributed by atoms with E-state index < -0.39 is 0 Å². The third-order valence-corrected chi connectivity index (χ3v) is 3.66. The van der Waals surface area contributed by atoms with Crippen LogP contribution in [0.3, 0.4) is 0 Å². The highest BCUT2D eigenvalue weighted by Gasteiger charge is 2.20. The number of hydrogen-bond acceptors (Lipinski definition) is 2. The molecule has 2 rings (SSSR count). The zero-order chi connectivity index (χ0) is 12.1. The highest BCUT2D eigenvalue weighted by Crippen LogP contribution is 2.16. The quantitative estimate of drug-likeness (QED) is 0.836. The van der Waals surface area contributed by atoms with Gasteiger partial charge < -0.3 is 10.2 Å². The van der Waals surface area contributed by atoms with Gasteiger partial charge in [-0.2, -0.15) is 0 Å². The monoisotopic (exact) mass is 232 g/mol. The zero-order valence-corrected chi connectivity index (χ0v) is 11.1. The average Bonchev–Trinajstić information content (AvgIpc) is 2.75. The molecule has 94 valence electrons. The predicted molar refractivity (Wildman–Crippen MR) is 73.4 cm³/mol. The number of rotatable bonds is 5. The number of likely N-dealkylation sites (tertiary alicyclic amines) is 1. The fraction of sp³-hybridized carbons (Fsp3) is 0.600. The average molecular weight is 232 g/mol. The van der Waals surface area contributed by atoms with Crippen molar-refractivity contribution >= 4 is 0 Å². The molecule has 2 nitrogen and oxygen atoms in total. The SMILES string of the molecule is CNCC1CCN(CCc2cccc(C)c2)C1. The molecule has 1 N–H and O–H groups in total. The Labute approximate surface area is 105 Å². The van der Waals surface area contributed by atoms with Gasteiger partial charge in [-0.25, -0.2) is 0 Å². The topological polar surface area (TPSA) is 15.3 Å². The van der Waals surface area contributed by atoms with E-state index in [2.05, 4.69) is 48.5 Å². The van der Waals surface area contributed by atoms with Crippen LogP contribution in [0, 0.1) is 12.8 Å². The van der Waals surface area contributed by atoms with Crippen LogP contribution in [-0.4, -0.2) is 38.1 Å². The molecule has 0 bridgehead atoms. The van der Waals surface area contributed by atoms with Crippen LogP contribution in [0.4, 0.5) is 0 Å². The minimum absolute atomic E-state index is 0.859. The minimum Gasteiger partial charge on any atom is -0.319 e. The molecule has 1 aromatic carbocycles. The van der Waals surface area contributed by atoms with Crippen molar-refractivity contribution < 1.29 is 0 Å². The van der Waals surface area contributed by atoms with Gasteiger partial charge in [-0.05, 0) is 51.4 Å². The molecule has 1 unspecified atom stereocenters. The molecule has 1 aliphatic rings. The first-order chi connectivity index (χ1) is 8.28. The summed E-state index contributed by atoms with van der Waals surface area (Å²) in [6.45, 7) is 7.09. The first-order valence-corrected chi connectivity index (χ1v) is 6.70. The van der Waals surface area contributed by atoms with E-state index in [1.807, 2.05) is 0 Å². The van der Waals surface area contributed by atoms with Crippen LogP contribution in [-0.2, 0) is 6.42 Å². The van der Waals surface area contributed by atoms with Gasteiger partial charge in [-0.1, -0.05) is 29.8 Å². The maximum Gasteiger partial charge on any atom is 0.00224 e. The zero-order valence-electron chi connectivity index (χ0n) is 11.1. The van der Waals surface area contributed by atoms with Crippen molar-refractivity contribution in [1.82, 2.24) is 10.2 Å². The Morgan fingerprint density at radius 3 is 3.06 bits per heavy atom. The van der Waals surface area contributed by atoms with E-state index in [0.717, 1.165) is 5.92 Å². The molecule has 1 aromatic rings. The number of aryl methyl sites for hydroxylation is 1.